The second kappa shape index (κ2) is 12.2. The maximum absolute atomic E-state index is 2.39. The van der Waals surface area contributed by atoms with Crippen LogP contribution in [0.15, 0.2) is 194 Å². The summed E-state index contributed by atoms with van der Waals surface area (Å²) >= 11 is 0. The van der Waals surface area contributed by atoms with E-state index in [-0.39, 0.29) is 0 Å². The van der Waals surface area contributed by atoms with Crippen molar-refractivity contribution in [2.45, 2.75) is 0 Å². The maximum Gasteiger partial charge on any atom is 0.0547 e. The zero-order valence-corrected chi connectivity index (χ0v) is 28.8. The van der Waals surface area contributed by atoms with Crippen LogP contribution in [-0.4, -0.2) is 16.2 Å². The molecule has 0 unspecified atom stereocenters. The van der Waals surface area contributed by atoms with Crippen molar-refractivity contribution < 1.29 is 0 Å². The highest BCUT2D eigenvalue weighted by Gasteiger charge is 2.16. The summed E-state index contributed by atoms with van der Waals surface area (Å²) < 4.78 is 4.79. The number of para-hydroxylation sites is 2. The summed E-state index contributed by atoms with van der Waals surface area (Å²) in [5, 5.41) is 5.04. The molecule has 2 heterocycles. The Morgan fingerprint density at radius 1 is 0.308 bits per heavy atom. The van der Waals surface area contributed by atoms with Crippen LogP contribution in [0.25, 0.3) is 77.2 Å². The van der Waals surface area contributed by atoms with E-state index < -0.39 is 0 Å². The highest BCUT2D eigenvalue weighted by Crippen LogP contribution is 2.37. The summed E-state index contributed by atoms with van der Waals surface area (Å²) in [5.74, 6) is 0. The third-order valence-electron chi connectivity index (χ3n) is 10.6. The van der Waals surface area contributed by atoms with Crippen LogP contribution in [-0.2, 0) is 0 Å². The number of benzene rings is 8. The Kier molecular flexibility index (Phi) is 7.04. The highest BCUT2D eigenvalue weighted by molar-refractivity contribution is 6.11. The first-order chi connectivity index (χ1) is 25.7. The van der Waals surface area contributed by atoms with E-state index in [4.69, 9.17) is 0 Å². The lowest BCUT2D eigenvalue weighted by atomic mass is 10.0. The molecule has 3 heteroatoms. The van der Waals surface area contributed by atoms with Crippen LogP contribution < -0.4 is 4.90 Å². The van der Waals surface area contributed by atoms with E-state index in [9.17, 15) is 0 Å². The molecule has 2 aromatic heterocycles. The fourth-order valence-electron chi connectivity index (χ4n) is 7.92. The minimum atomic E-state index is 1.13. The summed E-state index contributed by atoms with van der Waals surface area (Å²) in [6, 6.07) is 70.2. The Bertz CT molecular complexity index is 2680. The van der Waals surface area contributed by atoms with Gasteiger partial charge in [0.25, 0.3) is 0 Å². The minimum Gasteiger partial charge on any atom is -0.345 e. The Hall–Kier alpha value is -6.84. The summed E-state index contributed by atoms with van der Waals surface area (Å²) in [5.41, 5.74) is 14.3. The molecule has 246 valence electrons. The van der Waals surface area contributed by atoms with E-state index in [1.165, 1.54) is 65.9 Å². The minimum absolute atomic E-state index is 1.13. The van der Waals surface area contributed by atoms with Crippen molar-refractivity contribution in [2.24, 2.45) is 0 Å². The van der Waals surface area contributed by atoms with E-state index >= 15 is 0 Å². The van der Waals surface area contributed by atoms with Gasteiger partial charge in [0.2, 0.25) is 0 Å². The van der Waals surface area contributed by atoms with E-state index in [2.05, 4.69) is 215 Å². The van der Waals surface area contributed by atoms with Crippen molar-refractivity contribution in [3.8, 4) is 33.6 Å². The van der Waals surface area contributed by atoms with Crippen LogP contribution >= 0.6 is 0 Å². The van der Waals surface area contributed by atoms with Gasteiger partial charge in [-0.25, -0.2) is 0 Å². The van der Waals surface area contributed by atoms with E-state index in [1.807, 2.05) is 0 Å². The van der Waals surface area contributed by atoms with Crippen LogP contribution in [0, 0.1) is 0 Å². The summed E-state index contributed by atoms with van der Waals surface area (Å²) in [7, 11) is 2.14. The smallest absolute Gasteiger partial charge is 0.0547 e. The average Bonchev–Trinajstić information content (AvgIpc) is 3.73. The first kappa shape index (κ1) is 30.0. The molecule has 0 fully saturated rings. The zero-order chi connectivity index (χ0) is 34.6. The lowest BCUT2D eigenvalue weighted by molar-refractivity contribution is 1.15. The second-order valence-corrected chi connectivity index (χ2v) is 13.5. The molecule has 0 aliphatic carbocycles. The number of fused-ring (bicyclic) bond motifs is 6. The van der Waals surface area contributed by atoms with Gasteiger partial charge < -0.3 is 14.0 Å². The van der Waals surface area contributed by atoms with Gasteiger partial charge in [0.1, 0.15) is 0 Å². The monoisotopic (exact) mass is 665 g/mol. The molecule has 10 aromatic rings. The number of hydrogen-bond donors (Lipinski definition) is 0. The predicted octanol–water partition coefficient (Wildman–Crippen LogP) is 13.0. The highest BCUT2D eigenvalue weighted by atomic mass is 15.1. The Balaban J connectivity index is 1.00. The molecule has 0 spiro atoms. The number of aromatic nitrogens is 2. The fraction of sp³-hybridized carbons (Fsp3) is 0.0204. The van der Waals surface area contributed by atoms with E-state index in [0.717, 1.165) is 22.7 Å². The maximum atomic E-state index is 2.39. The normalized spacial score (nSPS) is 11.6. The molecule has 0 aliphatic heterocycles. The second-order valence-electron chi connectivity index (χ2n) is 13.5. The van der Waals surface area contributed by atoms with Gasteiger partial charge in [0.15, 0.2) is 0 Å². The first-order valence-electron chi connectivity index (χ1n) is 17.8. The molecule has 3 nitrogen and oxygen atoms in total. The molecule has 0 saturated carbocycles. The molecule has 10 rings (SSSR count). The molecule has 52 heavy (non-hydrogen) atoms. The molecule has 0 radical (unpaired) electrons. The molecular weight excluding hydrogens is 631 g/mol. The molecule has 0 amide bonds. The van der Waals surface area contributed by atoms with Gasteiger partial charge in [-0.15, -0.1) is 0 Å². The van der Waals surface area contributed by atoms with Gasteiger partial charge in [0.05, 0.1) is 22.1 Å². The Morgan fingerprint density at radius 3 is 1.10 bits per heavy atom. The summed E-state index contributed by atoms with van der Waals surface area (Å²) in [4.78, 5) is 2.26. The number of hydrogen-bond acceptors (Lipinski definition) is 1. The van der Waals surface area contributed by atoms with Gasteiger partial charge in [-0.1, -0.05) is 121 Å². The van der Waals surface area contributed by atoms with E-state index in [1.54, 1.807) is 0 Å². The zero-order valence-electron chi connectivity index (χ0n) is 28.8. The standard InChI is InChI=1S/C49H35N3/c1-50(38-22-26-40(27-23-38)51-46-18-10-8-16-42(46)44-30-20-36(32-48(44)51)34-12-4-2-5-13-34)39-24-28-41(29-25-39)52-47-19-11-9-17-43(47)45-31-21-37(33-49(45)52)35-14-6-3-7-15-35/h2-33H,1H3. The third-order valence-corrected chi connectivity index (χ3v) is 10.6. The third kappa shape index (κ3) is 4.90. The number of rotatable bonds is 6. The molecule has 0 bridgehead atoms. The van der Waals surface area contributed by atoms with Crippen molar-refractivity contribution in [1.29, 1.82) is 0 Å². The Labute approximate surface area is 302 Å². The van der Waals surface area contributed by atoms with Crippen LogP contribution in [0.4, 0.5) is 11.4 Å². The lowest BCUT2D eigenvalue weighted by Crippen LogP contribution is -2.09. The van der Waals surface area contributed by atoms with Gasteiger partial charge >= 0.3 is 0 Å². The number of nitrogens with zero attached hydrogens (tertiary/aromatic N) is 3. The van der Waals surface area contributed by atoms with Crippen LogP contribution in [0.2, 0.25) is 0 Å². The van der Waals surface area contributed by atoms with Crippen LogP contribution in [0.3, 0.4) is 0 Å². The summed E-state index contributed by atoms with van der Waals surface area (Å²) in [6.45, 7) is 0. The predicted molar refractivity (Wildman–Crippen MR) is 220 cm³/mol. The van der Waals surface area contributed by atoms with Crippen LogP contribution in [0.1, 0.15) is 0 Å². The first-order valence-corrected chi connectivity index (χ1v) is 17.8. The lowest BCUT2D eigenvalue weighted by Gasteiger charge is -2.21. The molecule has 0 N–H and O–H groups in total. The van der Waals surface area contributed by atoms with Crippen molar-refractivity contribution >= 4 is 55.0 Å². The Morgan fingerprint density at radius 2 is 0.673 bits per heavy atom. The average molecular weight is 666 g/mol. The fourth-order valence-corrected chi connectivity index (χ4v) is 7.92. The molecular formula is C49H35N3. The van der Waals surface area contributed by atoms with E-state index in [0.29, 0.717) is 0 Å². The van der Waals surface area contributed by atoms with Gasteiger partial charge in [-0.05, 0) is 95.1 Å². The molecule has 0 aliphatic rings. The van der Waals surface area contributed by atoms with Crippen molar-refractivity contribution in [1.82, 2.24) is 9.13 Å². The quantitative estimate of drug-likeness (QED) is 0.172. The topological polar surface area (TPSA) is 13.1 Å². The van der Waals surface area contributed by atoms with Gasteiger partial charge in [-0.3, -0.25) is 0 Å². The molecule has 0 saturated heterocycles. The van der Waals surface area contributed by atoms with Gasteiger partial charge in [-0.2, -0.15) is 0 Å². The SMILES string of the molecule is CN(c1ccc(-n2c3ccccc3c3ccc(-c4ccccc4)cc32)cc1)c1ccc(-n2c3ccccc3c3ccc(-c4ccccc4)cc32)cc1. The van der Waals surface area contributed by atoms with Crippen molar-refractivity contribution in [3.05, 3.63) is 194 Å². The molecule has 8 aromatic carbocycles. The van der Waals surface area contributed by atoms with Crippen molar-refractivity contribution in [2.75, 3.05) is 11.9 Å². The number of anilines is 2. The summed E-state index contributed by atoms with van der Waals surface area (Å²) in [6.07, 6.45) is 0. The largest absolute Gasteiger partial charge is 0.345 e. The molecule has 0 atom stereocenters. The van der Waals surface area contributed by atoms with Gasteiger partial charge in [0, 0.05) is 51.3 Å². The van der Waals surface area contributed by atoms with Crippen LogP contribution in [0.5, 0.6) is 0 Å². The van der Waals surface area contributed by atoms with Crippen molar-refractivity contribution in [3.63, 3.8) is 0 Å².